The number of nitrogens with one attached hydrogen (secondary N) is 1. The predicted octanol–water partition coefficient (Wildman–Crippen LogP) is 3.93. The van der Waals surface area contributed by atoms with Gasteiger partial charge in [-0.1, -0.05) is 29.8 Å². The summed E-state index contributed by atoms with van der Waals surface area (Å²) in [6, 6.07) is 15.2. The van der Waals surface area contributed by atoms with E-state index in [1.807, 2.05) is 6.92 Å². The molecule has 0 fully saturated rings. The molecule has 4 aromatic rings. The quantitative estimate of drug-likeness (QED) is 0.384. The third-order valence-electron chi connectivity index (χ3n) is 6.08. The minimum atomic E-state index is -0.451. The molecule has 188 valence electrons. The maximum atomic E-state index is 13.4. The van der Waals surface area contributed by atoms with Gasteiger partial charge in [0.1, 0.15) is 18.0 Å². The van der Waals surface area contributed by atoms with Gasteiger partial charge in [-0.05, 0) is 13.0 Å². The lowest BCUT2D eigenvalue weighted by Gasteiger charge is -2.15. The van der Waals surface area contributed by atoms with Crippen molar-refractivity contribution in [2.24, 2.45) is 0 Å². The molecule has 5 rings (SSSR count). The highest BCUT2D eigenvalue weighted by Crippen LogP contribution is 2.35. The van der Waals surface area contributed by atoms with E-state index < -0.39 is 11.2 Å². The molecule has 1 amide bonds. The number of nitrogens with zero attached hydrogens (tertiary/aromatic N) is 1. The molecule has 9 heteroatoms. The Labute approximate surface area is 212 Å². The van der Waals surface area contributed by atoms with Crippen molar-refractivity contribution >= 4 is 28.3 Å². The first-order chi connectivity index (χ1) is 17.9. The van der Waals surface area contributed by atoms with Gasteiger partial charge in [-0.2, -0.15) is 0 Å². The number of aromatic nitrogens is 1. The zero-order valence-electron chi connectivity index (χ0n) is 20.5. The second-order valence-electron chi connectivity index (χ2n) is 8.57. The summed E-state index contributed by atoms with van der Waals surface area (Å²) in [5.74, 6) is 1.08. The first-order valence-electron chi connectivity index (χ1n) is 11.5. The molecule has 0 bridgehead atoms. The van der Waals surface area contributed by atoms with Crippen molar-refractivity contribution < 1.29 is 28.5 Å². The Morgan fingerprint density at radius 3 is 2.24 bits per heavy atom. The van der Waals surface area contributed by atoms with Crippen LogP contribution in [0.5, 0.6) is 23.0 Å². The monoisotopic (exact) mass is 500 g/mol. The molecular weight excluding hydrogens is 476 g/mol. The molecule has 0 spiro atoms. The third-order valence-corrected chi connectivity index (χ3v) is 6.08. The van der Waals surface area contributed by atoms with Crippen LogP contribution in [-0.2, 0) is 11.3 Å². The standard InChI is InChI=1S/C28H24N2O7/c1-16-4-6-17(7-5-16)27(32)22-13-30(23-12-25-24(36-15-37-25)11-21(23)28(22)33)14-26(31)29-18-8-19(34-2)10-20(9-18)35-3/h4-13H,14-15H2,1-3H3,(H,29,31). The van der Waals surface area contributed by atoms with E-state index in [0.717, 1.165) is 5.56 Å². The summed E-state index contributed by atoms with van der Waals surface area (Å²) in [6.07, 6.45) is 1.42. The van der Waals surface area contributed by atoms with E-state index in [0.29, 0.717) is 39.8 Å². The molecule has 0 unspecified atom stereocenters. The number of ether oxygens (including phenoxy) is 4. The number of aryl methyl sites for hydroxylation is 1. The van der Waals surface area contributed by atoms with E-state index in [1.165, 1.54) is 20.4 Å². The summed E-state index contributed by atoms with van der Waals surface area (Å²) >= 11 is 0. The molecule has 1 aliphatic rings. The minimum absolute atomic E-state index is 0.0210. The van der Waals surface area contributed by atoms with Crippen LogP contribution < -0.4 is 29.7 Å². The number of carbonyl (C=O) groups is 2. The summed E-state index contributed by atoms with van der Waals surface area (Å²) in [7, 11) is 3.04. The number of carbonyl (C=O) groups excluding carboxylic acids is 2. The molecular formula is C28H24N2O7. The molecule has 0 radical (unpaired) electrons. The van der Waals surface area contributed by atoms with Crippen LogP contribution in [-0.4, -0.2) is 37.3 Å². The number of fused-ring (bicyclic) bond motifs is 2. The van der Waals surface area contributed by atoms with Gasteiger partial charge in [0.15, 0.2) is 17.3 Å². The smallest absolute Gasteiger partial charge is 0.244 e. The summed E-state index contributed by atoms with van der Waals surface area (Å²) in [5, 5.41) is 3.07. The van der Waals surface area contributed by atoms with Gasteiger partial charge < -0.3 is 28.8 Å². The molecule has 37 heavy (non-hydrogen) atoms. The Balaban J connectivity index is 1.56. The molecule has 0 saturated heterocycles. The fourth-order valence-electron chi connectivity index (χ4n) is 4.17. The number of anilines is 1. The largest absolute Gasteiger partial charge is 0.497 e. The summed E-state index contributed by atoms with van der Waals surface area (Å²) in [6.45, 7) is 1.76. The second-order valence-corrected chi connectivity index (χ2v) is 8.57. The molecule has 1 N–H and O–H groups in total. The van der Waals surface area contributed by atoms with Crippen molar-refractivity contribution in [3.05, 3.63) is 87.7 Å². The molecule has 0 atom stereocenters. The van der Waals surface area contributed by atoms with Gasteiger partial charge in [0, 0.05) is 41.7 Å². The highest BCUT2D eigenvalue weighted by Gasteiger charge is 2.22. The van der Waals surface area contributed by atoms with E-state index in [2.05, 4.69) is 5.32 Å². The van der Waals surface area contributed by atoms with Crippen LogP contribution in [0.4, 0.5) is 5.69 Å². The van der Waals surface area contributed by atoms with Crippen LogP contribution in [0.3, 0.4) is 0 Å². The maximum absolute atomic E-state index is 13.4. The Bertz CT molecular complexity index is 1570. The van der Waals surface area contributed by atoms with Crippen LogP contribution in [0.2, 0.25) is 0 Å². The number of ketones is 1. The molecule has 2 heterocycles. The number of amides is 1. The van der Waals surface area contributed by atoms with Crippen molar-refractivity contribution in [3.8, 4) is 23.0 Å². The Kier molecular flexibility index (Phi) is 6.27. The number of benzene rings is 3. The van der Waals surface area contributed by atoms with E-state index in [1.54, 1.807) is 59.2 Å². The van der Waals surface area contributed by atoms with Crippen molar-refractivity contribution in [1.29, 1.82) is 0 Å². The molecule has 1 aromatic heterocycles. The molecule has 0 saturated carbocycles. The van der Waals surface area contributed by atoms with Crippen LogP contribution in [0.1, 0.15) is 21.5 Å². The lowest BCUT2D eigenvalue weighted by Crippen LogP contribution is -2.24. The Morgan fingerprint density at radius 1 is 0.946 bits per heavy atom. The normalized spacial score (nSPS) is 11.9. The zero-order chi connectivity index (χ0) is 26.1. The van der Waals surface area contributed by atoms with Crippen molar-refractivity contribution in [3.63, 3.8) is 0 Å². The lowest BCUT2D eigenvalue weighted by atomic mass is 10.0. The number of rotatable bonds is 7. The number of methoxy groups -OCH3 is 2. The van der Waals surface area contributed by atoms with Crippen LogP contribution >= 0.6 is 0 Å². The fraction of sp³-hybridized carbons (Fsp3) is 0.179. The third kappa shape index (κ3) is 4.71. The molecule has 0 aliphatic carbocycles. The average molecular weight is 501 g/mol. The molecule has 9 nitrogen and oxygen atoms in total. The van der Waals surface area contributed by atoms with Crippen LogP contribution in [0.25, 0.3) is 10.9 Å². The van der Waals surface area contributed by atoms with E-state index >= 15 is 0 Å². The summed E-state index contributed by atoms with van der Waals surface area (Å²) in [4.78, 5) is 39.8. The van der Waals surface area contributed by atoms with E-state index in [-0.39, 0.29) is 30.2 Å². The highest BCUT2D eigenvalue weighted by atomic mass is 16.7. The highest BCUT2D eigenvalue weighted by molar-refractivity contribution is 6.10. The second kappa shape index (κ2) is 9.69. The maximum Gasteiger partial charge on any atom is 0.244 e. The van der Waals surface area contributed by atoms with Crippen molar-refractivity contribution in [1.82, 2.24) is 4.57 Å². The average Bonchev–Trinajstić information content (AvgIpc) is 3.37. The lowest BCUT2D eigenvalue weighted by molar-refractivity contribution is -0.116. The Hall–Kier alpha value is -4.79. The topological polar surface area (TPSA) is 105 Å². The van der Waals surface area contributed by atoms with Gasteiger partial charge in [0.05, 0.1) is 30.7 Å². The van der Waals surface area contributed by atoms with Crippen LogP contribution in [0, 0.1) is 6.92 Å². The summed E-state index contributed by atoms with van der Waals surface area (Å²) in [5.41, 5.74) is 1.78. The van der Waals surface area contributed by atoms with Crippen molar-refractivity contribution in [2.75, 3.05) is 26.3 Å². The van der Waals surface area contributed by atoms with Gasteiger partial charge in [-0.3, -0.25) is 14.4 Å². The van der Waals surface area contributed by atoms with E-state index in [9.17, 15) is 14.4 Å². The van der Waals surface area contributed by atoms with Gasteiger partial charge in [0.25, 0.3) is 0 Å². The predicted molar refractivity (Wildman–Crippen MR) is 137 cm³/mol. The minimum Gasteiger partial charge on any atom is -0.497 e. The van der Waals surface area contributed by atoms with Gasteiger partial charge in [0.2, 0.25) is 18.1 Å². The fourth-order valence-corrected chi connectivity index (χ4v) is 4.17. The zero-order valence-corrected chi connectivity index (χ0v) is 20.5. The van der Waals surface area contributed by atoms with Gasteiger partial charge in [-0.15, -0.1) is 0 Å². The number of hydrogen-bond donors (Lipinski definition) is 1. The van der Waals surface area contributed by atoms with Crippen LogP contribution in [0.15, 0.2) is 65.6 Å². The summed E-state index contributed by atoms with van der Waals surface area (Å²) < 4.78 is 23.0. The first-order valence-corrected chi connectivity index (χ1v) is 11.5. The first kappa shape index (κ1) is 23.9. The SMILES string of the molecule is COc1cc(NC(=O)Cn2cc(C(=O)c3ccc(C)cc3)c(=O)c3cc4c(cc32)OCO4)cc(OC)c1. The molecule has 3 aromatic carbocycles. The molecule has 1 aliphatic heterocycles. The Morgan fingerprint density at radius 2 is 1.59 bits per heavy atom. The van der Waals surface area contributed by atoms with Gasteiger partial charge in [-0.25, -0.2) is 0 Å². The number of pyridine rings is 1. The number of hydrogen-bond acceptors (Lipinski definition) is 7. The van der Waals surface area contributed by atoms with E-state index in [4.69, 9.17) is 18.9 Å². The van der Waals surface area contributed by atoms with Crippen molar-refractivity contribution in [2.45, 2.75) is 13.5 Å². The van der Waals surface area contributed by atoms with Gasteiger partial charge >= 0.3 is 0 Å².